The standard InChI is InChI=1S/C9H10BrFN2/c1-2-13-9(12)6-3-4-8(11)7(10)5-6/h3-5H,2H2,1H3,(H2,12,13). The van der Waals surface area contributed by atoms with Crippen molar-refractivity contribution in [3.8, 4) is 0 Å². The summed E-state index contributed by atoms with van der Waals surface area (Å²) >= 11 is 3.08. The molecule has 0 radical (unpaired) electrons. The molecule has 0 saturated carbocycles. The van der Waals surface area contributed by atoms with Crippen LogP contribution >= 0.6 is 15.9 Å². The highest BCUT2D eigenvalue weighted by atomic mass is 79.9. The minimum atomic E-state index is -0.298. The van der Waals surface area contributed by atoms with Crippen molar-refractivity contribution in [1.29, 1.82) is 0 Å². The van der Waals surface area contributed by atoms with E-state index in [4.69, 9.17) is 5.73 Å². The van der Waals surface area contributed by atoms with E-state index in [1.165, 1.54) is 6.07 Å². The first-order valence-electron chi connectivity index (χ1n) is 3.90. The van der Waals surface area contributed by atoms with Crippen LogP contribution < -0.4 is 5.73 Å². The first-order valence-corrected chi connectivity index (χ1v) is 4.69. The van der Waals surface area contributed by atoms with Crippen molar-refractivity contribution < 1.29 is 4.39 Å². The van der Waals surface area contributed by atoms with E-state index in [-0.39, 0.29) is 5.82 Å². The highest BCUT2D eigenvalue weighted by molar-refractivity contribution is 9.10. The Balaban J connectivity index is 3.04. The van der Waals surface area contributed by atoms with E-state index in [1.807, 2.05) is 6.92 Å². The molecule has 0 aliphatic heterocycles. The number of nitrogens with zero attached hydrogens (tertiary/aromatic N) is 1. The molecule has 0 saturated heterocycles. The van der Waals surface area contributed by atoms with Gasteiger partial charge in [-0.15, -0.1) is 0 Å². The van der Waals surface area contributed by atoms with Gasteiger partial charge in [0.25, 0.3) is 0 Å². The van der Waals surface area contributed by atoms with Crippen molar-refractivity contribution >= 4 is 21.8 Å². The molecule has 0 unspecified atom stereocenters. The van der Waals surface area contributed by atoms with E-state index in [0.29, 0.717) is 16.9 Å². The van der Waals surface area contributed by atoms with E-state index in [9.17, 15) is 4.39 Å². The Hall–Kier alpha value is -0.900. The molecule has 0 fully saturated rings. The fraction of sp³-hybridized carbons (Fsp3) is 0.222. The third-order valence-electron chi connectivity index (χ3n) is 1.54. The maximum absolute atomic E-state index is 12.8. The average molecular weight is 245 g/mol. The number of amidine groups is 1. The summed E-state index contributed by atoms with van der Waals surface area (Å²) in [6, 6.07) is 4.58. The van der Waals surface area contributed by atoms with Gasteiger partial charge in [0.1, 0.15) is 11.7 Å². The summed E-state index contributed by atoms with van der Waals surface area (Å²) in [5, 5.41) is 0. The number of benzene rings is 1. The van der Waals surface area contributed by atoms with Crippen LogP contribution in [-0.4, -0.2) is 12.4 Å². The van der Waals surface area contributed by atoms with Crippen LogP contribution in [0.3, 0.4) is 0 Å². The molecular formula is C9H10BrFN2. The minimum Gasteiger partial charge on any atom is -0.384 e. The van der Waals surface area contributed by atoms with Crippen LogP contribution in [0.1, 0.15) is 12.5 Å². The molecule has 0 atom stereocenters. The lowest BCUT2D eigenvalue weighted by Crippen LogP contribution is -2.13. The Morgan fingerprint density at radius 3 is 2.85 bits per heavy atom. The quantitative estimate of drug-likeness (QED) is 0.630. The van der Waals surface area contributed by atoms with Gasteiger partial charge in [0.15, 0.2) is 0 Å². The van der Waals surface area contributed by atoms with Crippen molar-refractivity contribution in [2.45, 2.75) is 6.92 Å². The average Bonchev–Trinajstić information content (AvgIpc) is 2.10. The normalized spacial score (nSPS) is 11.8. The first kappa shape index (κ1) is 10.2. The topological polar surface area (TPSA) is 38.4 Å². The van der Waals surface area contributed by atoms with Crippen LogP contribution in [-0.2, 0) is 0 Å². The molecular weight excluding hydrogens is 235 g/mol. The van der Waals surface area contributed by atoms with Crippen LogP contribution in [0.5, 0.6) is 0 Å². The third kappa shape index (κ3) is 2.52. The number of nitrogens with two attached hydrogens (primary N) is 1. The van der Waals surface area contributed by atoms with Crippen molar-refractivity contribution in [2.24, 2.45) is 10.7 Å². The molecule has 70 valence electrons. The van der Waals surface area contributed by atoms with Gasteiger partial charge in [-0.1, -0.05) is 0 Å². The predicted molar refractivity (Wildman–Crippen MR) is 55.4 cm³/mol. The van der Waals surface area contributed by atoms with Gasteiger partial charge in [-0.3, -0.25) is 4.99 Å². The maximum Gasteiger partial charge on any atom is 0.137 e. The number of hydrogen-bond acceptors (Lipinski definition) is 1. The van der Waals surface area contributed by atoms with Crippen molar-refractivity contribution in [3.63, 3.8) is 0 Å². The molecule has 2 nitrogen and oxygen atoms in total. The Kier molecular flexibility index (Phi) is 3.42. The first-order chi connectivity index (χ1) is 6.15. The fourth-order valence-corrected chi connectivity index (χ4v) is 1.30. The highest BCUT2D eigenvalue weighted by Gasteiger charge is 2.02. The second-order valence-corrected chi connectivity index (χ2v) is 3.34. The van der Waals surface area contributed by atoms with E-state index >= 15 is 0 Å². The van der Waals surface area contributed by atoms with Gasteiger partial charge < -0.3 is 5.73 Å². The number of hydrogen-bond donors (Lipinski definition) is 1. The van der Waals surface area contributed by atoms with E-state index in [1.54, 1.807) is 12.1 Å². The van der Waals surface area contributed by atoms with E-state index < -0.39 is 0 Å². The predicted octanol–water partition coefficient (Wildman–Crippen LogP) is 2.31. The van der Waals surface area contributed by atoms with Gasteiger partial charge in [0.05, 0.1) is 4.47 Å². The minimum absolute atomic E-state index is 0.298. The molecule has 0 aliphatic rings. The zero-order valence-electron chi connectivity index (χ0n) is 7.22. The fourth-order valence-electron chi connectivity index (χ4n) is 0.917. The SMILES string of the molecule is CCN=C(N)c1ccc(F)c(Br)c1. The van der Waals surface area contributed by atoms with Crippen molar-refractivity contribution in [1.82, 2.24) is 0 Å². The zero-order valence-corrected chi connectivity index (χ0v) is 8.81. The van der Waals surface area contributed by atoms with Crippen LogP contribution in [0, 0.1) is 5.82 Å². The van der Waals surface area contributed by atoms with Gasteiger partial charge >= 0.3 is 0 Å². The monoisotopic (exact) mass is 244 g/mol. The molecule has 4 heteroatoms. The Labute approximate surface area is 84.8 Å². The molecule has 0 aliphatic carbocycles. The van der Waals surface area contributed by atoms with Crippen LogP contribution in [0.4, 0.5) is 4.39 Å². The Bertz CT molecular complexity index is 336. The molecule has 13 heavy (non-hydrogen) atoms. The van der Waals surface area contributed by atoms with Crippen molar-refractivity contribution in [2.75, 3.05) is 6.54 Å². The Morgan fingerprint density at radius 1 is 1.62 bits per heavy atom. The smallest absolute Gasteiger partial charge is 0.137 e. The second-order valence-electron chi connectivity index (χ2n) is 2.49. The summed E-state index contributed by atoms with van der Waals surface area (Å²) in [4.78, 5) is 4.02. The molecule has 1 aromatic rings. The van der Waals surface area contributed by atoms with Gasteiger partial charge in [-0.25, -0.2) is 4.39 Å². The number of halogens is 2. The number of aliphatic imine (C=N–C) groups is 1. The summed E-state index contributed by atoms with van der Waals surface area (Å²) in [6.07, 6.45) is 0. The molecule has 0 spiro atoms. The molecule has 2 N–H and O–H groups in total. The van der Waals surface area contributed by atoms with Gasteiger partial charge in [0, 0.05) is 12.1 Å². The molecule has 0 amide bonds. The van der Waals surface area contributed by atoms with Crippen molar-refractivity contribution in [3.05, 3.63) is 34.1 Å². The Morgan fingerprint density at radius 2 is 2.31 bits per heavy atom. The lowest BCUT2D eigenvalue weighted by atomic mass is 10.2. The van der Waals surface area contributed by atoms with Crippen LogP contribution in [0.25, 0.3) is 0 Å². The summed E-state index contributed by atoms with van der Waals surface area (Å²) < 4.78 is 13.2. The molecule has 0 aromatic heterocycles. The number of rotatable bonds is 2. The summed E-state index contributed by atoms with van der Waals surface area (Å²) in [7, 11) is 0. The van der Waals surface area contributed by atoms with Gasteiger partial charge in [-0.05, 0) is 41.1 Å². The largest absolute Gasteiger partial charge is 0.384 e. The maximum atomic E-state index is 12.8. The van der Waals surface area contributed by atoms with E-state index in [2.05, 4.69) is 20.9 Å². The lowest BCUT2D eigenvalue weighted by Gasteiger charge is -2.01. The lowest BCUT2D eigenvalue weighted by molar-refractivity contribution is 0.621. The molecule has 1 aromatic carbocycles. The van der Waals surface area contributed by atoms with Crippen LogP contribution in [0.15, 0.2) is 27.7 Å². The molecule has 1 rings (SSSR count). The summed E-state index contributed by atoms with van der Waals surface area (Å²) in [5.74, 6) is 0.135. The van der Waals surface area contributed by atoms with Gasteiger partial charge in [-0.2, -0.15) is 0 Å². The van der Waals surface area contributed by atoms with Gasteiger partial charge in [0.2, 0.25) is 0 Å². The highest BCUT2D eigenvalue weighted by Crippen LogP contribution is 2.16. The third-order valence-corrected chi connectivity index (χ3v) is 2.15. The summed E-state index contributed by atoms with van der Waals surface area (Å²) in [5.41, 5.74) is 6.36. The molecule has 0 bridgehead atoms. The summed E-state index contributed by atoms with van der Waals surface area (Å²) in [6.45, 7) is 2.52. The zero-order chi connectivity index (χ0) is 9.84. The van der Waals surface area contributed by atoms with E-state index in [0.717, 1.165) is 5.56 Å². The van der Waals surface area contributed by atoms with Crippen LogP contribution in [0.2, 0.25) is 0 Å². The second kappa shape index (κ2) is 4.37. The molecule has 0 heterocycles.